The first-order valence-corrected chi connectivity index (χ1v) is 6.01. The van der Waals surface area contributed by atoms with Crippen molar-refractivity contribution in [3.8, 4) is 17.1 Å². The van der Waals surface area contributed by atoms with Gasteiger partial charge in [0.25, 0.3) is 0 Å². The van der Waals surface area contributed by atoms with Crippen molar-refractivity contribution in [2.45, 2.75) is 13.5 Å². The second-order valence-electron chi connectivity index (χ2n) is 3.91. The number of esters is 1. The van der Waals surface area contributed by atoms with Gasteiger partial charge in [0, 0.05) is 5.56 Å². The Bertz CT molecular complexity index is 611. The minimum atomic E-state index is -0.411. The molecule has 0 amide bonds. The highest BCUT2D eigenvalue weighted by Gasteiger charge is 2.11. The Morgan fingerprint density at radius 3 is 2.90 bits per heavy atom. The second kappa shape index (κ2) is 6.00. The van der Waals surface area contributed by atoms with E-state index in [1.165, 1.54) is 4.80 Å². The molecule has 0 radical (unpaired) electrons. The van der Waals surface area contributed by atoms with Gasteiger partial charge in [-0.05, 0) is 30.3 Å². The van der Waals surface area contributed by atoms with Crippen molar-refractivity contribution in [3.63, 3.8) is 0 Å². The smallest absolute Gasteiger partial charge is 0.329 e. The fourth-order valence-corrected chi connectivity index (χ4v) is 1.62. The standard InChI is InChI=1S/C12H15N5O3/c1-3-20-11(18)7-17-15-12(14-16-17)8-4-5-10(19-2)9(13)6-8/h4-6H,3,7,13H2,1-2H3. The summed E-state index contributed by atoms with van der Waals surface area (Å²) in [6.45, 7) is 1.97. The molecule has 2 rings (SSSR count). The fraction of sp³-hybridized carbons (Fsp3) is 0.333. The van der Waals surface area contributed by atoms with Crippen LogP contribution in [0.1, 0.15) is 6.92 Å². The van der Waals surface area contributed by atoms with Crippen LogP contribution in [0.5, 0.6) is 5.75 Å². The van der Waals surface area contributed by atoms with Gasteiger partial charge in [-0.15, -0.1) is 10.2 Å². The van der Waals surface area contributed by atoms with Crippen molar-refractivity contribution >= 4 is 11.7 Å². The number of nitrogens with zero attached hydrogens (tertiary/aromatic N) is 4. The van der Waals surface area contributed by atoms with Gasteiger partial charge < -0.3 is 15.2 Å². The summed E-state index contributed by atoms with van der Waals surface area (Å²) in [4.78, 5) is 12.5. The second-order valence-corrected chi connectivity index (χ2v) is 3.91. The Labute approximate surface area is 115 Å². The van der Waals surface area contributed by atoms with Crippen LogP contribution in [0.25, 0.3) is 11.4 Å². The lowest BCUT2D eigenvalue weighted by Crippen LogP contribution is -2.15. The lowest BCUT2D eigenvalue weighted by Gasteiger charge is -2.04. The van der Waals surface area contributed by atoms with Gasteiger partial charge in [0.1, 0.15) is 5.75 Å². The summed E-state index contributed by atoms with van der Waals surface area (Å²) in [6.07, 6.45) is 0. The van der Waals surface area contributed by atoms with Crippen LogP contribution in [0.15, 0.2) is 18.2 Å². The van der Waals surface area contributed by atoms with E-state index in [0.717, 1.165) is 0 Å². The minimum Gasteiger partial charge on any atom is -0.495 e. The first-order chi connectivity index (χ1) is 9.63. The lowest BCUT2D eigenvalue weighted by molar-refractivity contribution is -0.144. The Morgan fingerprint density at radius 1 is 1.45 bits per heavy atom. The van der Waals surface area contributed by atoms with Crippen LogP contribution in [0.4, 0.5) is 5.69 Å². The number of aromatic nitrogens is 4. The van der Waals surface area contributed by atoms with Crippen LogP contribution in [-0.2, 0) is 16.1 Å². The summed E-state index contributed by atoms with van der Waals surface area (Å²) in [5.74, 6) is 0.544. The number of ether oxygens (including phenoxy) is 2. The van der Waals surface area contributed by atoms with Crippen molar-refractivity contribution in [3.05, 3.63) is 18.2 Å². The topological polar surface area (TPSA) is 105 Å². The molecule has 8 heteroatoms. The van der Waals surface area contributed by atoms with E-state index in [9.17, 15) is 4.79 Å². The molecule has 0 saturated heterocycles. The van der Waals surface area contributed by atoms with Crippen LogP contribution >= 0.6 is 0 Å². The molecular weight excluding hydrogens is 262 g/mol. The molecule has 20 heavy (non-hydrogen) atoms. The predicted molar refractivity (Wildman–Crippen MR) is 70.9 cm³/mol. The molecule has 1 aromatic carbocycles. The number of hydrogen-bond donors (Lipinski definition) is 1. The summed E-state index contributed by atoms with van der Waals surface area (Å²) in [6, 6.07) is 5.17. The quantitative estimate of drug-likeness (QED) is 0.626. The Hall–Kier alpha value is -2.64. The highest BCUT2D eigenvalue weighted by atomic mass is 16.5. The largest absolute Gasteiger partial charge is 0.495 e. The molecule has 1 aromatic heterocycles. The maximum Gasteiger partial charge on any atom is 0.329 e. The highest BCUT2D eigenvalue weighted by Crippen LogP contribution is 2.25. The average Bonchev–Trinajstić information content (AvgIpc) is 2.87. The van der Waals surface area contributed by atoms with Crippen molar-refractivity contribution in [2.24, 2.45) is 0 Å². The predicted octanol–water partition coefficient (Wildman–Crippen LogP) is 0.494. The number of hydrogen-bond acceptors (Lipinski definition) is 7. The average molecular weight is 277 g/mol. The zero-order chi connectivity index (χ0) is 14.5. The van der Waals surface area contributed by atoms with Crippen LogP contribution in [0.2, 0.25) is 0 Å². The fourth-order valence-electron chi connectivity index (χ4n) is 1.62. The van der Waals surface area contributed by atoms with Gasteiger partial charge in [0.15, 0.2) is 6.54 Å². The molecule has 1 heterocycles. The van der Waals surface area contributed by atoms with Crippen LogP contribution < -0.4 is 10.5 Å². The Kier molecular flexibility index (Phi) is 4.14. The van der Waals surface area contributed by atoms with E-state index in [-0.39, 0.29) is 6.54 Å². The van der Waals surface area contributed by atoms with Gasteiger partial charge >= 0.3 is 5.97 Å². The van der Waals surface area contributed by atoms with Crippen LogP contribution in [-0.4, -0.2) is 39.9 Å². The SMILES string of the molecule is CCOC(=O)Cn1nnc(-c2ccc(OC)c(N)c2)n1. The van der Waals surface area contributed by atoms with Gasteiger partial charge in [0.05, 0.1) is 19.4 Å². The zero-order valence-corrected chi connectivity index (χ0v) is 11.2. The molecule has 0 fully saturated rings. The summed E-state index contributed by atoms with van der Waals surface area (Å²) < 4.78 is 9.88. The number of benzene rings is 1. The van der Waals surface area contributed by atoms with E-state index in [0.29, 0.717) is 29.4 Å². The lowest BCUT2D eigenvalue weighted by atomic mass is 10.2. The number of anilines is 1. The number of methoxy groups -OCH3 is 1. The third-order valence-corrected chi connectivity index (χ3v) is 2.52. The van der Waals surface area contributed by atoms with E-state index in [2.05, 4.69) is 15.4 Å². The Morgan fingerprint density at radius 2 is 2.25 bits per heavy atom. The summed E-state index contributed by atoms with van der Waals surface area (Å²) in [7, 11) is 1.54. The normalized spacial score (nSPS) is 10.3. The molecule has 0 spiro atoms. The highest BCUT2D eigenvalue weighted by molar-refractivity contribution is 5.69. The summed E-state index contributed by atoms with van der Waals surface area (Å²) >= 11 is 0. The third-order valence-electron chi connectivity index (χ3n) is 2.52. The number of rotatable bonds is 5. The van der Waals surface area contributed by atoms with E-state index >= 15 is 0 Å². The molecule has 8 nitrogen and oxygen atoms in total. The van der Waals surface area contributed by atoms with Crippen LogP contribution in [0, 0.1) is 0 Å². The Balaban J connectivity index is 2.16. The van der Waals surface area contributed by atoms with Gasteiger partial charge in [0.2, 0.25) is 5.82 Å². The molecule has 0 aliphatic rings. The molecule has 2 aromatic rings. The van der Waals surface area contributed by atoms with Gasteiger partial charge in [-0.2, -0.15) is 4.80 Å². The molecular formula is C12H15N5O3. The molecule has 106 valence electrons. The number of carbonyl (C=O) groups is 1. The molecule has 0 aliphatic heterocycles. The van der Waals surface area contributed by atoms with E-state index in [1.807, 2.05) is 0 Å². The van der Waals surface area contributed by atoms with Gasteiger partial charge in [-0.25, -0.2) is 4.79 Å². The molecule has 0 unspecified atom stereocenters. The number of carbonyl (C=O) groups excluding carboxylic acids is 1. The summed E-state index contributed by atoms with van der Waals surface area (Å²) in [5.41, 5.74) is 6.99. The first-order valence-electron chi connectivity index (χ1n) is 6.01. The van der Waals surface area contributed by atoms with Crippen molar-refractivity contribution < 1.29 is 14.3 Å². The molecule has 0 saturated carbocycles. The molecule has 0 atom stereocenters. The molecule has 0 bridgehead atoms. The van der Waals surface area contributed by atoms with Crippen molar-refractivity contribution in [1.82, 2.24) is 20.2 Å². The van der Waals surface area contributed by atoms with Crippen molar-refractivity contribution in [1.29, 1.82) is 0 Å². The van der Waals surface area contributed by atoms with Gasteiger partial charge in [-0.3, -0.25) is 0 Å². The maximum atomic E-state index is 11.3. The van der Waals surface area contributed by atoms with Crippen LogP contribution in [0.3, 0.4) is 0 Å². The third kappa shape index (κ3) is 3.02. The molecule has 2 N–H and O–H groups in total. The molecule has 0 aliphatic carbocycles. The van der Waals surface area contributed by atoms with E-state index in [4.69, 9.17) is 15.2 Å². The van der Waals surface area contributed by atoms with Crippen molar-refractivity contribution in [2.75, 3.05) is 19.5 Å². The van der Waals surface area contributed by atoms with E-state index < -0.39 is 5.97 Å². The number of nitrogen functional groups attached to an aromatic ring is 1. The van der Waals surface area contributed by atoms with E-state index in [1.54, 1.807) is 32.2 Å². The zero-order valence-electron chi connectivity index (χ0n) is 11.2. The number of nitrogens with two attached hydrogens (primary N) is 1. The monoisotopic (exact) mass is 277 g/mol. The van der Waals surface area contributed by atoms with Gasteiger partial charge in [-0.1, -0.05) is 0 Å². The first kappa shape index (κ1) is 13.8. The minimum absolute atomic E-state index is 0.0769. The summed E-state index contributed by atoms with van der Waals surface area (Å²) in [5, 5.41) is 11.8. The number of tetrazole rings is 1. The maximum absolute atomic E-state index is 11.3.